The molecule has 0 aromatic heterocycles. The van der Waals surface area contributed by atoms with Gasteiger partial charge in [0.2, 0.25) is 0 Å². The summed E-state index contributed by atoms with van der Waals surface area (Å²) in [5.74, 6) is -1.48. The lowest BCUT2D eigenvalue weighted by Gasteiger charge is -2.09. The van der Waals surface area contributed by atoms with Gasteiger partial charge in [-0.1, -0.05) is 0 Å². The Morgan fingerprint density at radius 2 is 2.06 bits per heavy atom. The van der Waals surface area contributed by atoms with Crippen LogP contribution in [0.15, 0.2) is 22.7 Å². The highest BCUT2D eigenvalue weighted by Crippen LogP contribution is 2.18. The largest absolute Gasteiger partial charge is 0.414 e. The summed E-state index contributed by atoms with van der Waals surface area (Å²) in [6.45, 7) is -1.60. The summed E-state index contributed by atoms with van der Waals surface area (Å²) in [4.78, 5) is 15.3. The van der Waals surface area contributed by atoms with Crippen LogP contribution in [0.2, 0.25) is 0 Å². The Morgan fingerprint density at radius 3 is 2.59 bits per heavy atom. The van der Waals surface area contributed by atoms with Crippen molar-refractivity contribution in [1.29, 1.82) is 0 Å². The van der Waals surface area contributed by atoms with Gasteiger partial charge in [-0.25, -0.2) is 9.87 Å². The lowest BCUT2D eigenvalue weighted by molar-refractivity contribution is -0.184. The molecule has 0 heterocycles. The van der Waals surface area contributed by atoms with E-state index in [2.05, 4.69) is 20.8 Å². The molecule has 94 valence electrons. The Labute approximate surface area is 102 Å². The molecule has 0 aliphatic heterocycles. The van der Waals surface area contributed by atoms with E-state index < -0.39 is 24.5 Å². The van der Waals surface area contributed by atoms with E-state index in [0.717, 1.165) is 18.2 Å². The molecule has 1 aromatic carbocycles. The van der Waals surface area contributed by atoms with Crippen LogP contribution in [0, 0.1) is 5.82 Å². The van der Waals surface area contributed by atoms with Crippen molar-refractivity contribution >= 4 is 21.8 Å². The summed E-state index contributed by atoms with van der Waals surface area (Å²) in [6, 6.07) is 3.13. The van der Waals surface area contributed by atoms with Gasteiger partial charge in [0.15, 0.2) is 6.61 Å². The summed E-state index contributed by atoms with van der Waals surface area (Å²) < 4.78 is 47.9. The van der Waals surface area contributed by atoms with Crippen molar-refractivity contribution in [2.45, 2.75) is 6.18 Å². The fourth-order valence-corrected chi connectivity index (χ4v) is 1.44. The van der Waals surface area contributed by atoms with Crippen molar-refractivity contribution in [2.75, 3.05) is 6.61 Å². The van der Waals surface area contributed by atoms with Gasteiger partial charge in [-0.05, 0) is 34.1 Å². The number of rotatable bonds is 3. The number of hydrogen-bond donors (Lipinski definition) is 1. The van der Waals surface area contributed by atoms with Gasteiger partial charge < -0.3 is 0 Å². The van der Waals surface area contributed by atoms with Crippen molar-refractivity contribution in [3.05, 3.63) is 34.1 Å². The predicted molar refractivity (Wildman–Crippen MR) is 53.6 cm³/mol. The van der Waals surface area contributed by atoms with E-state index in [1.54, 1.807) is 5.48 Å². The zero-order valence-corrected chi connectivity index (χ0v) is 9.73. The number of amides is 1. The monoisotopic (exact) mass is 315 g/mol. The molecule has 0 saturated carbocycles. The second kappa shape index (κ2) is 5.46. The number of nitrogens with one attached hydrogen (secondary N) is 1. The lowest BCUT2D eigenvalue weighted by Crippen LogP contribution is -2.29. The maximum Gasteiger partial charge on any atom is 0.414 e. The Kier molecular flexibility index (Phi) is 4.47. The molecule has 1 rings (SSSR count). The van der Waals surface area contributed by atoms with Crippen LogP contribution in [0.1, 0.15) is 10.4 Å². The molecule has 0 aliphatic carbocycles. The van der Waals surface area contributed by atoms with Gasteiger partial charge in [-0.3, -0.25) is 9.63 Å². The van der Waals surface area contributed by atoms with E-state index >= 15 is 0 Å². The molecule has 0 atom stereocenters. The average Bonchev–Trinajstić information content (AvgIpc) is 2.15. The summed E-state index contributed by atoms with van der Waals surface area (Å²) in [5, 5.41) is 0. The number of halogens is 5. The minimum Gasteiger partial charge on any atom is -0.267 e. The smallest absolute Gasteiger partial charge is 0.267 e. The molecule has 8 heteroatoms. The highest BCUT2D eigenvalue weighted by molar-refractivity contribution is 9.10. The van der Waals surface area contributed by atoms with Crippen molar-refractivity contribution < 1.29 is 27.2 Å². The molecule has 0 aliphatic rings. The zero-order chi connectivity index (χ0) is 13.1. The number of hydroxylamine groups is 1. The predicted octanol–water partition coefficient (Wildman–Crippen LogP) is 2.81. The molecule has 1 N–H and O–H groups in total. The third kappa shape index (κ3) is 4.70. The second-order valence-corrected chi connectivity index (χ2v) is 3.81. The molecular weight excluding hydrogens is 310 g/mol. The van der Waals surface area contributed by atoms with E-state index in [-0.39, 0.29) is 10.0 Å². The van der Waals surface area contributed by atoms with Gasteiger partial charge >= 0.3 is 6.18 Å². The van der Waals surface area contributed by atoms with Crippen LogP contribution < -0.4 is 5.48 Å². The van der Waals surface area contributed by atoms with Gasteiger partial charge in [0.1, 0.15) is 5.82 Å². The van der Waals surface area contributed by atoms with Crippen LogP contribution in [0.5, 0.6) is 0 Å². The number of carbonyl (C=O) groups is 1. The number of hydrogen-bond acceptors (Lipinski definition) is 2. The minimum atomic E-state index is -4.53. The lowest BCUT2D eigenvalue weighted by atomic mass is 10.2. The normalized spacial score (nSPS) is 11.4. The maximum absolute atomic E-state index is 12.7. The van der Waals surface area contributed by atoms with Crippen LogP contribution in [-0.2, 0) is 4.84 Å². The third-order valence-corrected chi connectivity index (χ3v) is 2.23. The van der Waals surface area contributed by atoms with Crippen molar-refractivity contribution in [3.8, 4) is 0 Å². The first kappa shape index (κ1) is 13.9. The minimum absolute atomic E-state index is 0.0337. The first-order valence-corrected chi connectivity index (χ1v) is 5.03. The van der Waals surface area contributed by atoms with Crippen LogP contribution >= 0.6 is 15.9 Å². The topological polar surface area (TPSA) is 38.3 Å². The molecule has 0 radical (unpaired) electrons. The van der Waals surface area contributed by atoms with Gasteiger partial charge in [0, 0.05) is 4.47 Å². The van der Waals surface area contributed by atoms with Crippen molar-refractivity contribution in [1.82, 2.24) is 5.48 Å². The van der Waals surface area contributed by atoms with Gasteiger partial charge in [-0.2, -0.15) is 13.2 Å². The van der Waals surface area contributed by atoms with Crippen LogP contribution in [-0.4, -0.2) is 18.7 Å². The SMILES string of the molecule is O=C(NOCC(F)(F)F)c1ccc(F)cc1Br. The molecule has 3 nitrogen and oxygen atoms in total. The zero-order valence-electron chi connectivity index (χ0n) is 8.15. The van der Waals surface area contributed by atoms with E-state index in [0.29, 0.717) is 0 Å². The average molecular weight is 316 g/mol. The molecule has 0 unspecified atom stereocenters. The molecule has 0 fully saturated rings. The molecular formula is C9H6BrF4NO2. The first-order chi connectivity index (χ1) is 7.79. The fourth-order valence-electron chi connectivity index (χ4n) is 0.912. The Morgan fingerprint density at radius 1 is 1.41 bits per heavy atom. The summed E-state index contributed by atoms with van der Waals surface area (Å²) in [6.07, 6.45) is -4.53. The van der Waals surface area contributed by atoms with Crippen LogP contribution in [0.3, 0.4) is 0 Å². The van der Waals surface area contributed by atoms with E-state index in [4.69, 9.17) is 0 Å². The van der Waals surface area contributed by atoms with Crippen molar-refractivity contribution in [3.63, 3.8) is 0 Å². The molecule has 1 aromatic rings. The Balaban J connectivity index is 2.59. The molecule has 0 bridgehead atoms. The quantitative estimate of drug-likeness (QED) is 0.688. The van der Waals surface area contributed by atoms with E-state index in [1.807, 2.05) is 0 Å². The summed E-state index contributed by atoms with van der Waals surface area (Å²) in [5.41, 5.74) is 1.57. The maximum atomic E-state index is 12.7. The summed E-state index contributed by atoms with van der Waals surface area (Å²) in [7, 11) is 0. The standard InChI is InChI=1S/C9H6BrF4NO2/c10-7-3-5(11)1-2-6(7)8(16)15-17-4-9(12,13)14/h1-3H,4H2,(H,15,16). The molecule has 17 heavy (non-hydrogen) atoms. The van der Waals surface area contributed by atoms with E-state index in [9.17, 15) is 22.4 Å². The molecule has 1 amide bonds. The highest BCUT2D eigenvalue weighted by Gasteiger charge is 2.28. The highest BCUT2D eigenvalue weighted by atomic mass is 79.9. The number of alkyl halides is 3. The third-order valence-electron chi connectivity index (χ3n) is 1.58. The second-order valence-electron chi connectivity index (χ2n) is 2.96. The van der Waals surface area contributed by atoms with Crippen LogP contribution in [0.4, 0.5) is 17.6 Å². The van der Waals surface area contributed by atoms with Gasteiger partial charge in [0.05, 0.1) is 5.56 Å². The van der Waals surface area contributed by atoms with Crippen LogP contribution in [0.25, 0.3) is 0 Å². The first-order valence-electron chi connectivity index (χ1n) is 4.23. The van der Waals surface area contributed by atoms with Crippen molar-refractivity contribution in [2.24, 2.45) is 0 Å². The summed E-state index contributed by atoms with van der Waals surface area (Å²) >= 11 is 2.90. The van der Waals surface area contributed by atoms with Gasteiger partial charge in [-0.15, -0.1) is 0 Å². The fraction of sp³-hybridized carbons (Fsp3) is 0.222. The van der Waals surface area contributed by atoms with E-state index in [1.165, 1.54) is 0 Å². The Hall–Kier alpha value is -1.15. The van der Waals surface area contributed by atoms with Gasteiger partial charge in [0.25, 0.3) is 5.91 Å². The number of benzene rings is 1. The Bertz CT molecular complexity index is 422. The molecule has 0 saturated heterocycles. The molecule has 0 spiro atoms. The number of carbonyl (C=O) groups excluding carboxylic acids is 1.